The SMILES string of the molecule is COCCNCc1ccc(N(C)CCC(F)(F)F)c(C)c1. The molecule has 0 saturated heterocycles. The molecule has 0 aliphatic heterocycles. The summed E-state index contributed by atoms with van der Waals surface area (Å²) in [5, 5.41) is 3.24. The predicted octanol–water partition coefficient (Wildman–Crippen LogP) is 3.12. The highest BCUT2D eigenvalue weighted by Gasteiger charge is 2.27. The van der Waals surface area contributed by atoms with Crippen LogP contribution in [0.5, 0.6) is 0 Å². The Morgan fingerprint density at radius 1 is 1.29 bits per heavy atom. The van der Waals surface area contributed by atoms with Crippen molar-refractivity contribution in [2.24, 2.45) is 0 Å². The Morgan fingerprint density at radius 2 is 2.00 bits per heavy atom. The summed E-state index contributed by atoms with van der Waals surface area (Å²) < 4.78 is 41.7. The summed E-state index contributed by atoms with van der Waals surface area (Å²) in [5.41, 5.74) is 2.92. The first-order valence-corrected chi connectivity index (χ1v) is 6.90. The molecule has 1 aromatic carbocycles. The van der Waals surface area contributed by atoms with Crippen molar-refractivity contribution in [2.45, 2.75) is 26.1 Å². The van der Waals surface area contributed by atoms with E-state index in [1.807, 2.05) is 25.1 Å². The van der Waals surface area contributed by atoms with Gasteiger partial charge in [-0.1, -0.05) is 12.1 Å². The predicted molar refractivity (Wildman–Crippen MR) is 78.7 cm³/mol. The second-order valence-electron chi connectivity index (χ2n) is 5.08. The van der Waals surface area contributed by atoms with Gasteiger partial charge in [-0.2, -0.15) is 13.2 Å². The fourth-order valence-electron chi connectivity index (χ4n) is 2.08. The van der Waals surface area contributed by atoms with Gasteiger partial charge in [-0.25, -0.2) is 0 Å². The molecule has 3 nitrogen and oxygen atoms in total. The third-order valence-electron chi connectivity index (χ3n) is 3.22. The van der Waals surface area contributed by atoms with Gasteiger partial charge in [-0.05, 0) is 24.1 Å². The number of hydrogen-bond acceptors (Lipinski definition) is 3. The quantitative estimate of drug-likeness (QED) is 0.747. The Kier molecular flexibility index (Phi) is 6.98. The van der Waals surface area contributed by atoms with Crippen LogP contribution in [0.3, 0.4) is 0 Å². The molecule has 1 rings (SSSR count). The van der Waals surface area contributed by atoms with Crippen LogP contribution in [-0.2, 0) is 11.3 Å². The second-order valence-corrected chi connectivity index (χ2v) is 5.08. The molecule has 0 bridgehead atoms. The number of hydrogen-bond donors (Lipinski definition) is 1. The van der Waals surface area contributed by atoms with Crippen LogP contribution < -0.4 is 10.2 Å². The third-order valence-corrected chi connectivity index (χ3v) is 3.22. The monoisotopic (exact) mass is 304 g/mol. The van der Waals surface area contributed by atoms with Gasteiger partial charge in [0, 0.05) is 39.5 Å². The van der Waals surface area contributed by atoms with E-state index in [2.05, 4.69) is 5.32 Å². The normalized spacial score (nSPS) is 11.7. The number of benzene rings is 1. The van der Waals surface area contributed by atoms with E-state index in [0.717, 1.165) is 29.9 Å². The van der Waals surface area contributed by atoms with E-state index in [9.17, 15) is 13.2 Å². The van der Waals surface area contributed by atoms with E-state index in [1.165, 1.54) is 0 Å². The molecular formula is C15H23F3N2O. The summed E-state index contributed by atoms with van der Waals surface area (Å²) in [4.78, 5) is 1.64. The molecule has 1 N–H and O–H groups in total. The minimum atomic E-state index is -4.12. The Hall–Kier alpha value is -1.27. The fraction of sp³-hybridized carbons (Fsp3) is 0.600. The standard InChI is InChI=1S/C15H23F3N2O/c1-12-10-13(11-19-7-9-21-3)4-5-14(12)20(2)8-6-15(16,17)18/h4-5,10,19H,6-9,11H2,1-3H3. The van der Waals surface area contributed by atoms with Gasteiger partial charge in [0.15, 0.2) is 0 Å². The van der Waals surface area contributed by atoms with Gasteiger partial charge in [0.2, 0.25) is 0 Å². The first-order chi connectivity index (χ1) is 9.83. The maximum absolute atomic E-state index is 12.3. The minimum absolute atomic E-state index is 0.0320. The molecule has 0 heterocycles. The lowest BCUT2D eigenvalue weighted by molar-refractivity contribution is -0.132. The van der Waals surface area contributed by atoms with E-state index in [1.54, 1.807) is 19.1 Å². The lowest BCUT2D eigenvalue weighted by atomic mass is 10.1. The number of alkyl halides is 3. The third kappa shape index (κ3) is 6.82. The van der Waals surface area contributed by atoms with Crippen LogP contribution >= 0.6 is 0 Å². The molecule has 0 unspecified atom stereocenters. The molecule has 0 amide bonds. The van der Waals surface area contributed by atoms with E-state index < -0.39 is 12.6 Å². The molecule has 1 aromatic rings. The summed E-state index contributed by atoms with van der Waals surface area (Å²) >= 11 is 0. The highest BCUT2D eigenvalue weighted by atomic mass is 19.4. The first kappa shape index (κ1) is 17.8. The zero-order valence-corrected chi connectivity index (χ0v) is 12.8. The van der Waals surface area contributed by atoms with E-state index in [-0.39, 0.29) is 6.54 Å². The van der Waals surface area contributed by atoms with Crippen molar-refractivity contribution in [1.29, 1.82) is 0 Å². The summed E-state index contributed by atoms with van der Waals surface area (Å²) in [7, 11) is 3.34. The first-order valence-electron chi connectivity index (χ1n) is 6.90. The molecule has 0 saturated carbocycles. The van der Waals surface area contributed by atoms with Gasteiger partial charge in [0.1, 0.15) is 0 Å². The number of halogens is 3. The molecule has 0 spiro atoms. The van der Waals surface area contributed by atoms with Crippen molar-refractivity contribution in [3.8, 4) is 0 Å². The van der Waals surface area contributed by atoms with Crippen molar-refractivity contribution in [1.82, 2.24) is 5.32 Å². The molecule has 120 valence electrons. The number of methoxy groups -OCH3 is 1. The van der Waals surface area contributed by atoms with Gasteiger partial charge in [-0.15, -0.1) is 0 Å². The van der Waals surface area contributed by atoms with Gasteiger partial charge in [0.05, 0.1) is 13.0 Å². The minimum Gasteiger partial charge on any atom is -0.383 e. The maximum Gasteiger partial charge on any atom is 0.390 e. The van der Waals surface area contributed by atoms with Crippen LogP contribution in [0.4, 0.5) is 18.9 Å². The van der Waals surface area contributed by atoms with Crippen LogP contribution in [0, 0.1) is 6.92 Å². The molecule has 6 heteroatoms. The van der Waals surface area contributed by atoms with Crippen LogP contribution in [0.1, 0.15) is 17.5 Å². The lowest BCUT2D eigenvalue weighted by Crippen LogP contribution is -2.24. The summed E-state index contributed by atoms with van der Waals surface area (Å²) in [6.45, 7) is 4.02. The maximum atomic E-state index is 12.3. The van der Waals surface area contributed by atoms with E-state index in [4.69, 9.17) is 4.74 Å². The van der Waals surface area contributed by atoms with E-state index >= 15 is 0 Å². The zero-order valence-electron chi connectivity index (χ0n) is 12.8. The highest BCUT2D eigenvalue weighted by molar-refractivity contribution is 5.53. The number of aryl methyl sites for hydroxylation is 1. The number of rotatable bonds is 8. The average Bonchev–Trinajstić information content (AvgIpc) is 2.40. The van der Waals surface area contributed by atoms with Crippen LogP contribution in [0.15, 0.2) is 18.2 Å². The van der Waals surface area contributed by atoms with Crippen molar-refractivity contribution < 1.29 is 17.9 Å². The van der Waals surface area contributed by atoms with Gasteiger partial charge in [-0.3, -0.25) is 0 Å². The second kappa shape index (κ2) is 8.24. The number of anilines is 1. The molecule has 0 radical (unpaired) electrons. The van der Waals surface area contributed by atoms with Crippen molar-refractivity contribution in [3.05, 3.63) is 29.3 Å². The molecule has 0 aliphatic carbocycles. The largest absolute Gasteiger partial charge is 0.390 e. The molecule has 0 atom stereocenters. The zero-order chi connectivity index (χ0) is 15.9. The Morgan fingerprint density at radius 3 is 2.57 bits per heavy atom. The topological polar surface area (TPSA) is 24.5 Å². The van der Waals surface area contributed by atoms with Crippen LogP contribution in [0.2, 0.25) is 0 Å². The van der Waals surface area contributed by atoms with Crippen LogP contribution in [0.25, 0.3) is 0 Å². The summed E-state index contributed by atoms with van der Waals surface area (Å²) in [6.07, 6.45) is -4.92. The Labute approximate surface area is 124 Å². The van der Waals surface area contributed by atoms with Crippen LogP contribution in [-0.4, -0.2) is 40.0 Å². The Balaban J connectivity index is 2.56. The van der Waals surface area contributed by atoms with Gasteiger partial charge < -0.3 is 15.0 Å². The Bertz CT molecular complexity index is 435. The van der Waals surface area contributed by atoms with Gasteiger partial charge in [0.25, 0.3) is 0 Å². The number of nitrogens with zero attached hydrogens (tertiary/aromatic N) is 1. The molecule has 0 aromatic heterocycles. The lowest BCUT2D eigenvalue weighted by Gasteiger charge is -2.22. The highest BCUT2D eigenvalue weighted by Crippen LogP contribution is 2.24. The smallest absolute Gasteiger partial charge is 0.383 e. The number of nitrogens with one attached hydrogen (secondary N) is 1. The van der Waals surface area contributed by atoms with E-state index in [0.29, 0.717) is 6.61 Å². The number of ether oxygens (including phenoxy) is 1. The fourth-order valence-corrected chi connectivity index (χ4v) is 2.08. The summed E-state index contributed by atoms with van der Waals surface area (Å²) in [5.74, 6) is 0. The summed E-state index contributed by atoms with van der Waals surface area (Å²) in [6, 6.07) is 5.81. The van der Waals surface area contributed by atoms with Gasteiger partial charge >= 0.3 is 6.18 Å². The molecule has 0 fully saturated rings. The van der Waals surface area contributed by atoms with Crippen molar-refractivity contribution in [3.63, 3.8) is 0 Å². The molecular weight excluding hydrogens is 281 g/mol. The van der Waals surface area contributed by atoms with Crippen molar-refractivity contribution >= 4 is 5.69 Å². The molecule has 0 aliphatic rings. The molecule has 21 heavy (non-hydrogen) atoms. The average molecular weight is 304 g/mol. The van der Waals surface area contributed by atoms with Crippen molar-refractivity contribution in [2.75, 3.05) is 38.8 Å².